The summed E-state index contributed by atoms with van der Waals surface area (Å²) in [6, 6.07) is 35.0. The van der Waals surface area contributed by atoms with Crippen molar-refractivity contribution in [2.75, 3.05) is 16.8 Å². The van der Waals surface area contributed by atoms with E-state index in [0.29, 0.717) is 12.3 Å². The molecular formula is C31H30N2O3S. The van der Waals surface area contributed by atoms with Gasteiger partial charge in [0.15, 0.2) is 0 Å². The van der Waals surface area contributed by atoms with Gasteiger partial charge in [0.25, 0.3) is 0 Å². The molecule has 4 aromatic carbocycles. The monoisotopic (exact) mass is 510 g/mol. The summed E-state index contributed by atoms with van der Waals surface area (Å²) in [5.74, 6) is -0.226. The first-order chi connectivity index (χ1) is 18.0. The number of esters is 1. The van der Waals surface area contributed by atoms with Gasteiger partial charge in [-0.15, -0.1) is 0 Å². The van der Waals surface area contributed by atoms with Gasteiger partial charge in [-0.05, 0) is 73.5 Å². The van der Waals surface area contributed by atoms with E-state index >= 15 is 0 Å². The first kappa shape index (κ1) is 26.0. The fourth-order valence-corrected chi connectivity index (χ4v) is 4.91. The minimum Gasteiger partial charge on any atom is -0.466 e. The zero-order valence-electron chi connectivity index (χ0n) is 21.0. The van der Waals surface area contributed by atoms with Gasteiger partial charge in [-0.3, -0.25) is 9.69 Å². The first-order valence-electron chi connectivity index (χ1n) is 12.3. The number of hydrogen-bond acceptors (Lipinski definition) is 4. The van der Waals surface area contributed by atoms with Gasteiger partial charge in [0.2, 0.25) is 0 Å². The van der Waals surface area contributed by atoms with Gasteiger partial charge >= 0.3 is 12.0 Å². The Morgan fingerprint density at radius 3 is 2.19 bits per heavy atom. The van der Waals surface area contributed by atoms with E-state index in [4.69, 9.17) is 4.74 Å². The lowest BCUT2D eigenvalue weighted by molar-refractivity contribution is -0.142. The van der Waals surface area contributed by atoms with E-state index < -0.39 is 0 Å². The Morgan fingerprint density at radius 2 is 1.51 bits per heavy atom. The average molecular weight is 511 g/mol. The van der Waals surface area contributed by atoms with Crippen LogP contribution in [0.1, 0.15) is 31.0 Å². The van der Waals surface area contributed by atoms with Crippen LogP contribution in [-0.2, 0) is 16.0 Å². The summed E-state index contributed by atoms with van der Waals surface area (Å²) in [6.07, 6.45) is 0.256. The second-order valence-electron chi connectivity index (χ2n) is 8.48. The molecule has 0 aliphatic carbocycles. The molecule has 4 aromatic rings. The second-order valence-corrected chi connectivity index (χ2v) is 9.62. The van der Waals surface area contributed by atoms with Crippen LogP contribution in [0, 0.1) is 0 Å². The number of anilines is 2. The molecule has 0 spiro atoms. The number of ether oxygens (including phenoxy) is 1. The van der Waals surface area contributed by atoms with Gasteiger partial charge < -0.3 is 10.1 Å². The number of benzene rings is 4. The number of carbonyl (C=O) groups excluding carboxylic acids is 2. The number of urea groups is 1. The van der Waals surface area contributed by atoms with Gasteiger partial charge in [-0.1, -0.05) is 72.4 Å². The summed E-state index contributed by atoms with van der Waals surface area (Å²) in [5.41, 5.74) is 3.51. The van der Waals surface area contributed by atoms with Crippen molar-refractivity contribution in [2.24, 2.45) is 0 Å². The van der Waals surface area contributed by atoms with Crippen molar-refractivity contribution in [2.45, 2.75) is 36.1 Å². The molecule has 4 rings (SSSR count). The number of nitrogens with zero attached hydrogens (tertiary/aromatic N) is 1. The van der Waals surface area contributed by atoms with Crippen LogP contribution in [0.2, 0.25) is 0 Å². The number of nitrogens with one attached hydrogen (secondary N) is 1. The maximum Gasteiger partial charge on any atom is 0.326 e. The standard InChI is InChI=1S/C31H30N2O3S/c1-3-36-30(34)22-24-11-10-16-29(21-24)37-28-19-17-26(18-20-28)32-31(35)33(27-14-8-5-9-15-27)23(2)25-12-6-4-7-13-25/h4-21,23H,3,22H2,1-2H3,(H,32,35). The van der Waals surface area contributed by atoms with Crippen molar-refractivity contribution in [1.29, 1.82) is 0 Å². The molecule has 2 amide bonds. The predicted molar refractivity (Wildman–Crippen MR) is 150 cm³/mol. The predicted octanol–water partition coefficient (Wildman–Crippen LogP) is 7.74. The van der Waals surface area contributed by atoms with Gasteiger partial charge in [0, 0.05) is 21.2 Å². The second kappa shape index (κ2) is 12.8. The summed E-state index contributed by atoms with van der Waals surface area (Å²) < 4.78 is 5.05. The third kappa shape index (κ3) is 7.24. The van der Waals surface area contributed by atoms with Crippen LogP contribution in [0.3, 0.4) is 0 Å². The number of para-hydroxylation sites is 1. The van der Waals surface area contributed by atoms with Gasteiger partial charge in [-0.2, -0.15) is 0 Å². The van der Waals surface area contributed by atoms with E-state index in [1.165, 1.54) is 0 Å². The highest BCUT2D eigenvalue weighted by atomic mass is 32.2. The molecule has 6 heteroatoms. The molecular weight excluding hydrogens is 480 g/mol. The molecule has 188 valence electrons. The van der Waals surface area contributed by atoms with Crippen LogP contribution in [0.4, 0.5) is 16.2 Å². The number of carbonyl (C=O) groups is 2. The zero-order chi connectivity index (χ0) is 26.0. The van der Waals surface area contributed by atoms with Crippen molar-refractivity contribution >= 4 is 35.1 Å². The Morgan fingerprint density at radius 1 is 0.838 bits per heavy atom. The van der Waals surface area contributed by atoms with Gasteiger partial charge in [0.1, 0.15) is 0 Å². The van der Waals surface area contributed by atoms with Crippen molar-refractivity contribution in [3.05, 3.63) is 120 Å². The lowest BCUT2D eigenvalue weighted by Crippen LogP contribution is -2.37. The van der Waals surface area contributed by atoms with E-state index in [0.717, 1.165) is 26.6 Å². The molecule has 0 aliphatic heterocycles. The molecule has 0 saturated heterocycles. The largest absolute Gasteiger partial charge is 0.466 e. The number of amides is 2. The minimum atomic E-state index is -0.226. The topological polar surface area (TPSA) is 58.6 Å². The smallest absolute Gasteiger partial charge is 0.326 e. The number of rotatable bonds is 9. The summed E-state index contributed by atoms with van der Waals surface area (Å²) in [6.45, 7) is 4.21. The highest BCUT2D eigenvalue weighted by Crippen LogP contribution is 2.31. The van der Waals surface area contributed by atoms with E-state index in [9.17, 15) is 9.59 Å². The van der Waals surface area contributed by atoms with Gasteiger partial charge in [-0.25, -0.2) is 4.79 Å². The Balaban J connectivity index is 1.45. The molecule has 0 fully saturated rings. The normalized spacial score (nSPS) is 11.4. The fraction of sp³-hybridized carbons (Fsp3) is 0.161. The summed E-state index contributed by atoms with van der Waals surface area (Å²) in [7, 11) is 0. The summed E-state index contributed by atoms with van der Waals surface area (Å²) in [4.78, 5) is 29.1. The molecule has 37 heavy (non-hydrogen) atoms. The Hall–Kier alpha value is -4.03. The number of hydrogen-bond donors (Lipinski definition) is 1. The van der Waals surface area contributed by atoms with Crippen LogP contribution in [-0.4, -0.2) is 18.6 Å². The summed E-state index contributed by atoms with van der Waals surface area (Å²) in [5, 5.41) is 3.05. The van der Waals surface area contributed by atoms with Crippen molar-refractivity contribution in [1.82, 2.24) is 0 Å². The SMILES string of the molecule is CCOC(=O)Cc1cccc(Sc2ccc(NC(=O)N(c3ccccc3)C(C)c3ccccc3)cc2)c1. The van der Waals surface area contributed by atoms with Crippen LogP contribution < -0.4 is 10.2 Å². The molecule has 0 bridgehead atoms. The Labute approximate surface area is 222 Å². The Bertz CT molecular complexity index is 1310. The molecule has 0 radical (unpaired) electrons. The van der Waals surface area contributed by atoms with Crippen LogP contribution in [0.5, 0.6) is 0 Å². The highest BCUT2D eigenvalue weighted by molar-refractivity contribution is 7.99. The fourth-order valence-electron chi connectivity index (χ4n) is 4.01. The highest BCUT2D eigenvalue weighted by Gasteiger charge is 2.23. The van der Waals surface area contributed by atoms with Gasteiger partial charge in [0.05, 0.1) is 19.1 Å². The molecule has 5 nitrogen and oxygen atoms in total. The minimum absolute atomic E-state index is 0.152. The molecule has 0 aromatic heterocycles. The van der Waals surface area contributed by atoms with Crippen molar-refractivity contribution in [3.8, 4) is 0 Å². The summed E-state index contributed by atoms with van der Waals surface area (Å²) >= 11 is 1.60. The third-order valence-electron chi connectivity index (χ3n) is 5.82. The van der Waals surface area contributed by atoms with E-state index in [2.05, 4.69) is 5.32 Å². The van der Waals surface area contributed by atoms with Crippen LogP contribution in [0.25, 0.3) is 0 Å². The van der Waals surface area contributed by atoms with E-state index in [-0.39, 0.29) is 24.5 Å². The van der Waals surface area contributed by atoms with Crippen LogP contribution in [0.15, 0.2) is 119 Å². The lowest BCUT2D eigenvalue weighted by Gasteiger charge is -2.30. The van der Waals surface area contributed by atoms with E-state index in [1.54, 1.807) is 23.6 Å². The molecule has 1 atom stereocenters. The molecule has 0 heterocycles. The quantitative estimate of drug-likeness (QED) is 0.234. The van der Waals surface area contributed by atoms with E-state index in [1.807, 2.05) is 116 Å². The third-order valence-corrected chi connectivity index (χ3v) is 6.81. The molecule has 1 N–H and O–H groups in total. The van der Waals surface area contributed by atoms with Crippen molar-refractivity contribution in [3.63, 3.8) is 0 Å². The maximum absolute atomic E-state index is 13.4. The Kier molecular flexibility index (Phi) is 9.00. The lowest BCUT2D eigenvalue weighted by atomic mass is 10.1. The molecule has 0 saturated carbocycles. The molecule has 1 unspecified atom stereocenters. The van der Waals surface area contributed by atoms with Crippen LogP contribution >= 0.6 is 11.8 Å². The van der Waals surface area contributed by atoms with Crippen molar-refractivity contribution < 1.29 is 14.3 Å². The molecule has 0 aliphatic rings. The zero-order valence-corrected chi connectivity index (χ0v) is 21.8. The first-order valence-corrected chi connectivity index (χ1v) is 13.1. The average Bonchev–Trinajstić information content (AvgIpc) is 2.91. The maximum atomic E-state index is 13.4.